The number of carbonyl (C=O) groups is 3. The van der Waals surface area contributed by atoms with Crippen LogP contribution in [-0.2, 0) is 4.79 Å². The number of H-pyrrole nitrogens is 1. The quantitative estimate of drug-likeness (QED) is 0.258. The fraction of sp³-hybridized carbons (Fsp3) is 0.400. The Morgan fingerprint density at radius 1 is 1.09 bits per heavy atom. The molecule has 1 fully saturated rings. The summed E-state index contributed by atoms with van der Waals surface area (Å²) in [5, 5.41) is 6.06. The van der Waals surface area contributed by atoms with Gasteiger partial charge in [-0.1, -0.05) is 51.1 Å². The van der Waals surface area contributed by atoms with Crippen molar-refractivity contribution in [2.24, 2.45) is 0 Å². The van der Waals surface area contributed by atoms with Crippen molar-refractivity contribution >= 4 is 35.1 Å². The number of amides is 3. The number of carbonyl (C=O) groups excluding carboxylic acids is 3. The Kier molecular flexibility index (Phi) is 9.16. The molecule has 0 bridgehead atoms. The van der Waals surface area contributed by atoms with Gasteiger partial charge in [-0.05, 0) is 81.6 Å². The minimum Gasteiger partial charge on any atom is -0.358 e. The third-order valence-electron chi connectivity index (χ3n) is 8.96. The van der Waals surface area contributed by atoms with E-state index in [9.17, 15) is 14.4 Å². The van der Waals surface area contributed by atoms with E-state index < -0.39 is 0 Å². The third kappa shape index (κ3) is 6.15. The second-order valence-electron chi connectivity index (χ2n) is 11.6. The lowest BCUT2D eigenvalue weighted by Gasteiger charge is -2.30. The standard InChI is InChI=1S/C35H43N5O3/c1-6-29(24-13-10-9-11-14-24)37-33(41)25-16-17-30-27(19-25)28(34(42)38-30)20-31-22(4)32(23(5)36-31)35(43)40-18-12-15-26(40)21-39(7-2)8-3/h9-11,13-14,16-17,19-20,26,29,36H,6-8,12,15,18,21H2,1-5H3,(H,37,41)(H,38,42)/b28-20-/t26-,29+/m0/s1. The molecule has 8 nitrogen and oxygen atoms in total. The first-order chi connectivity index (χ1) is 20.7. The molecule has 2 aromatic carbocycles. The van der Waals surface area contributed by atoms with Crippen molar-refractivity contribution < 1.29 is 14.4 Å². The molecule has 1 aromatic heterocycles. The maximum absolute atomic E-state index is 13.8. The molecule has 2 atom stereocenters. The SMILES string of the molecule is CC[C@@H](NC(=O)c1ccc2c(c1)/C(=C/c1[nH]c(C)c(C(=O)N3CCC[C@H]3CN(CC)CC)c1C)C(=O)N2)c1ccccc1. The molecule has 3 amide bonds. The summed E-state index contributed by atoms with van der Waals surface area (Å²) in [6, 6.07) is 15.3. The van der Waals surface area contributed by atoms with Gasteiger partial charge in [0.05, 0.1) is 17.2 Å². The van der Waals surface area contributed by atoms with Gasteiger partial charge >= 0.3 is 0 Å². The number of aromatic nitrogens is 1. The minimum absolute atomic E-state index is 0.0460. The third-order valence-corrected chi connectivity index (χ3v) is 8.96. The average molecular weight is 582 g/mol. The smallest absolute Gasteiger partial charge is 0.256 e. The zero-order valence-electron chi connectivity index (χ0n) is 25.9. The highest BCUT2D eigenvalue weighted by Crippen LogP contribution is 2.35. The number of nitrogens with one attached hydrogen (secondary N) is 3. The molecular weight excluding hydrogens is 538 g/mol. The van der Waals surface area contributed by atoms with Crippen LogP contribution in [0.15, 0.2) is 48.5 Å². The number of benzene rings is 2. The molecule has 0 aliphatic carbocycles. The lowest BCUT2D eigenvalue weighted by molar-refractivity contribution is -0.110. The molecule has 43 heavy (non-hydrogen) atoms. The first-order valence-electron chi connectivity index (χ1n) is 15.5. The topological polar surface area (TPSA) is 97.5 Å². The van der Waals surface area contributed by atoms with Gasteiger partial charge in [-0.15, -0.1) is 0 Å². The lowest BCUT2D eigenvalue weighted by atomic mass is 10.0. The molecule has 0 spiro atoms. The van der Waals surface area contributed by atoms with Crippen molar-refractivity contribution in [3.05, 3.63) is 87.7 Å². The van der Waals surface area contributed by atoms with E-state index in [1.807, 2.05) is 56.0 Å². The van der Waals surface area contributed by atoms with E-state index in [2.05, 4.69) is 34.4 Å². The largest absolute Gasteiger partial charge is 0.358 e. The van der Waals surface area contributed by atoms with Crippen molar-refractivity contribution in [3.8, 4) is 0 Å². The van der Waals surface area contributed by atoms with E-state index in [-0.39, 0.29) is 29.8 Å². The molecule has 2 aliphatic rings. The van der Waals surface area contributed by atoms with Gasteiger partial charge < -0.3 is 25.4 Å². The number of likely N-dealkylation sites (tertiary alicyclic amines) is 1. The molecule has 1 saturated heterocycles. The van der Waals surface area contributed by atoms with E-state index in [0.717, 1.165) is 68.0 Å². The van der Waals surface area contributed by atoms with Crippen LogP contribution in [0.25, 0.3) is 11.6 Å². The number of hydrogen-bond donors (Lipinski definition) is 3. The van der Waals surface area contributed by atoms with Crippen LogP contribution in [0.5, 0.6) is 0 Å². The van der Waals surface area contributed by atoms with Gasteiger partial charge in [-0.25, -0.2) is 0 Å². The van der Waals surface area contributed by atoms with E-state index >= 15 is 0 Å². The van der Waals surface area contributed by atoms with Crippen molar-refractivity contribution in [2.75, 3.05) is 31.5 Å². The molecule has 3 heterocycles. The molecule has 0 unspecified atom stereocenters. The van der Waals surface area contributed by atoms with Crippen molar-refractivity contribution in [3.63, 3.8) is 0 Å². The summed E-state index contributed by atoms with van der Waals surface area (Å²) in [7, 11) is 0. The van der Waals surface area contributed by atoms with E-state index in [1.165, 1.54) is 0 Å². The minimum atomic E-state index is -0.235. The van der Waals surface area contributed by atoms with Gasteiger partial charge in [-0.2, -0.15) is 0 Å². The van der Waals surface area contributed by atoms with Crippen LogP contribution in [0.3, 0.4) is 0 Å². The predicted molar refractivity (Wildman–Crippen MR) is 172 cm³/mol. The summed E-state index contributed by atoms with van der Waals surface area (Å²) in [5.41, 5.74) is 6.35. The number of anilines is 1. The second kappa shape index (κ2) is 13.0. The zero-order valence-corrected chi connectivity index (χ0v) is 25.9. The van der Waals surface area contributed by atoms with Crippen molar-refractivity contribution in [2.45, 2.75) is 66.0 Å². The van der Waals surface area contributed by atoms with Crippen LogP contribution in [0, 0.1) is 13.8 Å². The van der Waals surface area contributed by atoms with Gasteiger partial charge in [0.25, 0.3) is 17.7 Å². The molecule has 3 aromatic rings. The van der Waals surface area contributed by atoms with Gasteiger partial charge in [0.2, 0.25) is 0 Å². The number of rotatable bonds is 10. The first-order valence-corrected chi connectivity index (χ1v) is 15.5. The van der Waals surface area contributed by atoms with Crippen molar-refractivity contribution in [1.82, 2.24) is 20.1 Å². The molecule has 226 valence electrons. The van der Waals surface area contributed by atoms with Gasteiger partial charge in [0.15, 0.2) is 0 Å². The van der Waals surface area contributed by atoms with Crippen LogP contribution in [-0.4, -0.2) is 64.7 Å². The Labute approximate surface area is 254 Å². The molecule has 0 radical (unpaired) electrons. The number of nitrogens with zero attached hydrogens (tertiary/aromatic N) is 2. The van der Waals surface area contributed by atoms with Gasteiger partial charge in [-0.3, -0.25) is 14.4 Å². The first kappa shape index (κ1) is 30.3. The van der Waals surface area contributed by atoms with Gasteiger partial charge in [0, 0.05) is 47.3 Å². The highest BCUT2D eigenvalue weighted by molar-refractivity contribution is 6.35. The Morgan fingerprint density at radius 2 is 1.84 bits per heavy atom. The van der Waals surface area contributed by atoms with E-state index in [1.54, 1.807) is 24.3 Å². The number of fused-ring (bicyclic) bond motifs is 1. The summed E-state index contributed by atoms with van der Waals surface area (Å²) >= 11 is 0. The highest BCUT2D eigenvalue weighted by atomic mass is 16.2. The van der Waals surface area contributed by atoms with Crippen LogP contribution >= 0.6 is 0 Å². The van der Waals surface area contributed by atoms with Crippen molar-refractivity contribution in [1.29, 1.82) is 0 Å². The number of hydrogen-bond acceptors (Lipinski definition) is 4. The summed E-state index contributed by atoms with van der Waals surface area (Å²) in [6.45, 7) is 13.8. The number of likely N-dealkylation sites (N-methyl/N-ethyl adjacent to an activating group) is 1. The molecule has 3 N–H and O–H groups in total. The second-order valence-corrected chi connectivity index (χ2v) is 11.6. The van der Waals surface area contributed by atoms with Crippen LogP contribution in [0.2, 0.25) is 0 Å². The maximum atomic E-state index is 13.8. The van der Waals surface area contributed by atoms with Crippen LogP contribution < -0.4 is 10.6 Å². The molecule has 8 heteroatoms. The Balaban J connectivity index is 1.40. The predicted octanol–water partition coefficient (Wildman–Crippen LogP) is 5.95. The monoisotopic (exact) mass is 581 g/mol. The zero-order chi connectivity index (χ0) is 30.7. The summed E-state index contributed by atoms with van der Waals surface area (Å²) in [6.07, 6.45) is 4.58. The molecule has 0 saturated carbocycles. The lowest BCUT2D eigenvalue weighted by Crippen LogP contribution is -2.43. The molecule has 2 aliphatic heterocycles. The fourth-order valence-electron chi connectivity index (χ4n) is 6.42. The Morgan fingerprint density at radius 3 is 2.53 bits per heavy atom. The number of aromatic amines is 1. The highest BCUT2D eigenvalue weighted by Gasteiger charge is 2.33. The van der Waals surface area contributed by atoms with Crippen LogP contribution in [0.1, 0.15) is 94.9 Å². The summed E-state index contributed by atoms with van der Waals surface area (Å²) < 4.78 is 0. The Hall–Kier alpha value is -4.17. The fourth-order valence-corrected chi connectivity index (χ4v) is 6.42. The van der Waals surface area contributed by atoms with E-state index in [4.69, 9.17) is 0 Å². The Bertz CT molecular complexity index is 1540. The van der Waals surface area contributed by atoms with Crippen LogP contribution in [0.4, 0.5) is 5.69 Å². The molecule has 5 rings (SSSR count). The van der Waals surface area contributed by atoms with Gasteiger partial charge in [0.1, 0.15) is 0 Å². The summed E-state index contributed by atoms with van der Waals surface area (Å²) in [5.74, 6) is -0.381. The maximum Gasteiger partial charge on any atom is 0.256 e. The van der Waals surface area contributed by atoms with E-state index in [0.29, 0.717) is 28.0 Å². The normalized spacial score (nSPS) is 17.8. The summed E-state index contributed by atoms with van der Waals surface area (Å²) in [4.78, 5) is 48.0. The average Bonchev–Trinajstić information content (AvgIpc) is 3.69. The number of aryl methyl sites for hydroxylation is 1. The molecular formula is C35H43N5O3.